The Morgan fingerprint density at radius 3 is 2.62 bits per heavy atom. The van der Waals surface area contributed by atoms with Crippen LogP contribution in [0.25, 0.3) is 0 Å². The number of hydrogen-bond donors (Lipinski definition) is 1. The number of rotatable bonds is 7. The summed E-state index contributed by atoms with van der Waals surface area (Å²) in [5.74, 6) is 2.40. The summed E-state index contributed by atoms with van der Waals surface area (Å²) in [6.07, 6.45) is 9.86. The topological polar surface area (TPSA) is 66.8 Å². The Morgan fingerprint density at radius 2 is 1.93 bits per heavy atom. The van der Waals surface area contributed by atoms with E-state index in [1.807, 2.05) is 18.5 Å². The number of aryl methyl sites for hydroxylation is 1. The van der Waals surface area contributed by atoms with E-state index in [1.54, 1.807) is 6.20 Å². The lowest BCUT2D eigenvalue weighted by atomic mass is 9.92. The van der Waals surface area contributed by atoms with Crippen molar-refractivity contribution in [3.8, 4) is 0 Å². The van der Waals surface area contributed by atoms with Crippen molar-refractivity contribution in [2.75, 3.05) is 18.4 Å². The summed E-state index contributed by atoms with van der Waals surface area (Å²) in [6.45, 7) is 5.23. The molecule has 1 aliphatic heterocycles. The van der Waals surface area contributed by atoms with Crippen molar-refractivity contribution in [3.05, 3.63) is 58.2 Å². The van der Waals surface area contributed by atoms with E-state index in [2.05, 4.69) is 44.2 Å². The second-order valence-corrected chi connectivity index (χ2v) is 9.06. The molecule has 0 bridgehead atoms. The molecule has 4 heterocycles. The van der Waals surface area contributed by atoms with Crippen LogP contribution in [0.2, 0.25) is 4.34 Å². The fourth-order valence-electron chi connectivity index (χ4n) is 3.63. The van der Waals surface area contributed by atoms with Gasteiger partial charge in [-0.1, -0.05) is 35.9 Å². The van der Waals surface area contributed by atoms with Crippen LogP contribution in [-0.2, 0) is 19.4 Å². The maximum atomic E-state index is 5.95. The Kier molecular flexibility index (Phi) is 6.69. The molecular weight excluding hydrogens is 404 g/mol. The van der Waals surface area contributed by atoms with E-state index in [9.17, 15) is 0 Å². The van der Waals surface area contributed by atoms with Crippen molar-refractivity contribution in [3.63, 3.8) is 0 Å². The van der Waals surface area contributed by atoms with Crippen LogP contribution < -0.4 is 5.32 Å². The van der Waals surface area contributed by atoms with Gasteiger partial charge in [-0.15, -0.1) is 0 Å². The van der Waals surface area contributed by atoms with Gasteiger partial charge in [0.25, 0.3) is 0 Å². The lowest BCUT2D eigenvalue weighted by Gasteiger charge is -2.31. The Balaban J connectivity index is 1.27. The molecule has 8 heteroatoms. The number of anilines is 2. The summed E-state index contributed by atoms with van der Waals surface area (Å²) < 4.78 is 0.670. The van der Waals surface area contributed by atoms with E-state index in [0.29, 0.717) is 10.3 Å². The van der Waals surface area contributed by atoms with Gasteiger partial charge in [0, 0.05) is 36.6 Å². The highest BCUT2D eigenvalue weighted by atomic mass is 35.5. The molecule has 6 nitrogen and oxygen atoms in total. The van der Waals surface area contributed by atoms with Crippen LogP contribution in [-0.4, -0.2) is 37.9 Å². The lowest BCUT2D eigenvalue weighted by Crippen LogP contribution is -2.34. The zero-order valence-electron chi connectivity index (χ0n) is 16.5. The van der Waals surface area contributed by atoms with Crippen molar-refractivity contribution in [1.29, 1.82) is 0 Å². The van der Waals surface area contributed by atoms with Crippen molar-refractivity contribution < 1.29 is 0 Å². The van der Waals surface area contributed by atoms with Crippen LogP contribution in [0.4, 0.5) is 10.9 Å². The Labute approximate surface area is 180 Å². The molecule has 0 amide bonds. The standard InChI is InChI=1S/C21H25ClN6S/c1-2-19-23-11-16(12-24-19)14-28-8-6-15(7-9-28)10-17-4-3-5-20(26-17)27-21-25-13-18(22)29-21/h3-5,11-13,15H,2,6-10,14H2,1H3,(H,25,26,27). The molecule has 0 spiro atoms. The Morgan fingerprint density at radius 1 is 1.14 bits per heavy atom. The predicted octanol–water partition coefficient (Wildman–Crippen LogP) is 4.74. The molecule has 0 aromatic carbocycles. The number of halogens is 1. The highest BCUT2D eigenvalue weighted by molar-refractivity contribution is 7.19. The van der Waals surface area contributed by atoms with Crippen molar-refractivity contribution >= 4 is 33.9 Å². The molecule has 0 atom stereocenters. The van der Waals surface area contributed by atoms with Crippen molar-refractivity contribution in [2.45, 2.75) is 39.2 Å². The smallest absolute Gasteiger partial charge is 0.189 e. The third-order valence-electron chi connectivity index (χ3n) is 5.21. The first kappa shape index (κ1) is 20.2. The summed E-state index contributed by atoms with van der Waals surface area (Å²) in [5, 5.41) is 4.00. The fourth-order valence-corrected chi connectivity index (χ4v) is 4.45. The molecule has 1 aliphatic rings. The van der Waals surface area contributed by atoms with Crippen molar-refractivity contribution in [2.24, 2.45) is 5.92 Å². The van der Waals surface area contributed by atoms with Gasteiger partial charge in [-0.05, 0) is 50.4 Å². The van der Waals surface area contributed by atoms with Gasteiger partial charge in [0.2, 0.25) is 0 Å². The van der Waals surface area contributed by atoms with Gasteiger partial charge in [-0.3, -0.25) is 4.90 Å². The molecule has 1 fully saturated rings. The summed E-state index contributed by atoms with van der Waals surface area (Å²) in [4.78, 5) is 20.3. The lowest BCUT2D eigenvalue weighted by molar-refractivity contribution is 0.176. The molecule has 0 saturated carbocycles. The minimum Gasteiger partial charge on any atom is -0.316 e. The number of hydrogen-bond acceptors (Lipinski definition) is 7. The van der Waals surface area contributed by atoms with Gasteiger partial charge in [0.15, 0.2) is 5.13 Å². The average Bonchev–Trinajstić information content (AvgIpc) is 3.15. The number of thiazole rings is 1. The van der Waals surface area contributed by atoms with Gasteiger partial charge in [-0.25, -0.2) is 19.9 Å². The highest BCUT2D eigenvalue weighted by Gasteiger charge is 2.20. The first-order chi connectivity index (χ1) is 14.2. The SMILES string of the molecule is CCc1ncc(CN2CCC(Cc3cccc(Nc4ncc(Cl)s4)n3)CC2)cn1. The minimum absolute atomic E-state index is 0.669. The summed E-state index contributed by atoms with van der Waals surface area (Å²) in [6, 6.07) is 6.13. The molecule has 152 valence electrons. The second-order valence-electron chi connectivity index (χ2n) is 7.39. The first-order valence-electron chi connectivity index (χ1n) is 10.0. The van der Waals surface area contributed by atoms with E-state index in [1.165, 1.54) is 29.7 Å². The van der Waals surface area contributed by atoms with Crippen LogP contribution in [0, 0.1) is 5.92 Å². The number of likely N-dealkylation sites (tertiary alicyclic amines) is 1. The average molecular weight is 429 g/mol. The molecule has 3 aromatic heterocycles. The summed E-state index contributed by atoms with van der Waals surface area (Å²) >= 11 is 7.36. The largest absolute Gasteiger partial charge is 0.316 e. The van der Waals surface area contributed by atoms with E-state index in [4.69, 9.17) is 16.6 Å². The summed E-state index contributed by atoms with van der Waals surface area (Å²) in [5.41, 5.74) is 2.32. The van der Waals surface area contributed by atoms with Crippen molar-refractivity contribution in [1.82, 2.24) is 24.8 Å². The van der Waals surface area contributed by atoms with Gasteiger partial charge in [-0.2, -0.15) is 0 Å². The molecule has 3 aromatic rings. The van der Waals surface area contributed by atoms with Crippen LogP contribution >= 0.6 is 22.9 Å². The van der Waals surface area contributed by atoms with Crippen LogP contribution in [0.5, 0.6) is 0 Å². The zero-order valence-corrected chi connectivity index (χ0v) is 18.1. The molecular formula is C21H25ClN6S. The number of pyridine rings is 1. The third-order valence-corrected chi connectivity index (χ3v) is 6.24. The van der Waals surface area contributed by atoms with Crippen LogP contribution in [0.1, 0.15) is 36.8 Å². The number of nitrogens with zero attached hydrogens (tertiary/aromatic N) is 5. The molecule has 0 radical (unpaired) electrons. The van der Waals surface area contributed by atoms with Gasteiger partial charge in [0.1, 0.15) is 16.0 Å². The molecule has 0 aliphatic carbocycles. The minimum atomic E-state index is 0.669. The first-order valence-corrected chi connectivity index (χ1v) is 11.2. The van der Waals surface area contributed by atoms with Gasteiger partial charge < -0.3 is 5.32 Å². The normalized spacial score (nSPS) is 15.5. The number of aromatic nitrogens is 4. The third kappa shape index (κ3) is 5.72. The predicted molar refractivity (Wildman–Crippen MR) is 118 cm³/mol. The van der Waals surface area contributed by atoms with E-state index in [0.717, 1.165) is 54.9 Å². The summed E-state index contributed by atoms with van der Waals surface area (Å²) in [7, 11) is 0. The maximum absolute atomic E-state index is 5.95. The van der Waals surface area contributed by atoms with E-state index < -0.39 is 0 Å². The number of piperidine rings is 1. The van der Waals surface area contributed by atoms with Gasteiger partial charge >= 0.3 is 0 Å². The number of nitrogens with one attached hydrogen (secondary N) is 1. The Bertz CT molecular complexity index is 921. The molecule has 1 saturated heterocycles. The zero-order chi connectivity index (χ0) is 20.1. The molecule has 1 N–H and O–H groups in total. The second kappa shape index (κ2) is 9.61. The fraction of sp³-hybridized carbons (Fsp3) is 0.429. The molecule has 29 heavy (non-hydrogen) atoms. The Hall–Kier alpha value is -2.09. The van der Waals surface area contributed by atoms with Crippen LogP contribution in [0.3, 0.4) is 0 Å². The molecule has 4 rings (SSSR count). The van der Waals surface area contributed by atoms with Gasteiger partial charge in [0.05, 0.1) is 6.20 Å². The quantitative estimate of drug-likeness (QED) is 0.586. The van der Waals surface area contributed by atoms with E-state index >= 15 is 0 Å². The van der Waals surface area contributed by atoms with Crippen LogP contribution in [0.15, 0.2) is 36.8 Å². The highest BCUT2D eigenvalue weighted by Crippen LogP contribution is 2.26. The van der Waals surface area contributed by atoms with E-state index in [-0.39, 0.29) is 0 Å². The maximum Gasteiger partial charge on any atom is 0.189 e. The molecule has 0 unspecified atom stereocenters. The monoisotopic (exact) mass is 428 g/mol.